The Bertz CT molecular complexity index is 1140. The smallest absolute Gasteiger partial charge is 0.269 e. The average molecular weight is 395 g/mol. The molecular formula is C18H13N5O4S. The lowest BCUT2D eigenvalue weighted by Gasteiger charge is -2.05. The van der Waals surface area contributed by atoms with Crippen LogP contribution in [0.4, 0.5) is 11.6 Å². The van der Waals surface area contributed by atoms with Crippen molar-refractivity contribution in [2.75, 3.05) is 11.9 Å². The monoisotopic (exact) mass is 395 g/mol. The Kier molecular flexibility index (Phi) is 4.68. The maximum absolute atomic E-state index is 12.1. The third-order valence-electron chi connectivity index (χ3n) is 3.82. The molecule has 10 heteroatoms. The topological polar surface area (TPSA) is 112 Å². The second kappa shape index (κ2) is 7.45. The van der Waals surface area contributed by atoms with E-state index >= 15 is 0 Å². The normalized spacial score (nSPS) is 10.7. The van der Waals surface area contributed by atoms with E-state index in [2.05, 4.69) is 15.4 Å². The van der Waals surface area contributed by atoms with Gasteiger partial charge in [0.1, 0.15) is 5.75 Å². The first kappa shape index (κ1) is 17.6. The predicted molar refractivity (Wildman–Crippen MR) is 104 cm³/mol. The van der Waals surface area contributed by atoms with Crippen molar-refractivity contribution >= 4 is 33.8 Å². The van der Waals surface area contributed by atoms with Gasteiger partial charge in [0.15, 0.2) is 6.61 Å². The van der Waals surface area contributed by atoms with Crippen LogP contribution in [0.1, 0.15) is 0 Å². The summed E-state index contributed by atoms with van der Waals surface area (Å²) in [5, 5.41) is 19.5. The van der Waals surface area contributed by atoms with Crippen molar-refractivity contribution < 1.29 is 14.5 Å². The summed E-state index contributed by atoms with van der Waals surface area (Å²) in [5.74, 6) is 0.102. The third kappa shape index (κ3) is 3.67. The van der Waals surface area contributed by atoms with Gasteiger partial charge in [0.05, 0.1) is 10.6 Å². The number of nitro groups is 1. The number of nitrogens with zero attached hydrogens (tertiary/aromatic N) is 4. The fourth-order valence-corrected chi connectivity index (χ4v) is 3.35. The number of hydrogen-bond donors (Lipinski definition) is 1. The van der Waals surface area contributed by atoms with Crippen LogP contribution in [0.5, 0.6) is 5.75 Å². The van der Waals surface area contributed by atoms with Gasteiger partial charge in [-0.25, -0.2) is 4.52 Å². The van der Waals surface area contributed by atoms with Gasteiger partial charge in [0.25, 0.3) is 17.5 Å². The molecule has 4 aromatic rings. The summed E-state index contributed by atoms with van der Waals surface area (Å²) in [6.07, 6.45) is 0. The van der Waals surface area contributed by atoms with Crippen LogP contribution in [0.25, 0.3) is 16.2 Å². The molecule has 0 radical (unpaired) electrons. The molecule has 1 amide bonds. The molecule has 2 aromatic carbocycles. The van der Waals surface area contributed by atoms with Crippen LogP contribution in [0, 0.1) is 10.1 Å². The number of benzene rings is 2. The minimum Gasteiger partial charge on any atom is -0.484 e. The fourth-order valence-electron chi connectivity index (χ4n) is 2.52. The third-order valence-corrected chi connectivity index (χ3v) is 4.64. The van der Waals surface area contributed by atoms with Crippen molar-refractivity contribution in [2.45, 2.75) is 0 Å². The summed E-state index contributed by atoms with van der Waals surface area (Å²) in [7, 11) is 0. The van der Waals surface area contributed by atoms with E-state index < -0.39 is 10.8 Å². The highest BCUT2D eigenvalue weighted by atomic mass is 32.1. The number of carbonyl (C=O) groups is 1. The Morgan fingerprint density at radius 1 is 1.18 bits per heavy atom. The lowest BCUT2D eigenvalue weighted by molar-refractivity contribution is -0.384. The number of anilines is 1. The largest absolute Gasteiger partial charge is 0.484 e. The first-order valence-electron chi connectivity index (χ1n) is 8.17. The van der Waals surface area contributed by atoms with Gasteiger partial charge >= 0.3 is 0 Å². The summed E-state index contributed by atoms with van der Waals surface area (Å²) in [6, 6.07) is 15.2. The highest BCUT2D eigenvalue weighted by Crippen LogP contribution is 2.25. The number of nitrogens with one attached hydrogen (secondary N) is 1. The van der Waals surface area contributed by atoms with Gasteiger partial charge in [-0.15, -0.1) is 16.4 Å². The van der Waals surface area contributed by atoms with E-state index in [4.69, 9.17) is 4.74 Å². The number of fused-ring (bicyclic) bond motifs is 1. The van der Waals surface area contributed by atoms with Crippen LogP contribution in [-0.2, 0) is 4.79 Å². The Morgan fingerprint density at radius 2 is 1.93 bits per heavy atom. The SMILES string of the molecule is O=C(COc1ccc([N+](=O)[O-])cc1)Nc1nc2scc(-c3ccccc3)n2n1. The summed E-state index contributed by atoms with van der Waals surface area (Å²) in [4.78, 5) is 27.2. The van der Waals surface area contributed by atoms with Crippen molar-refractivity contribution in [1.82, 2.24) is 14.6 Å². The molecule has 9 nitrogen and oxygen atoms in total. The Morgan fingerprint density at radius 3 is 2.64 bits per heavy atom. The van der Waals surface area contributed by atoms with E-state index in [0.717, 1.165) is 11.3 Å². The predicted octanol–water partition coefficient (Wildman–Crippen LogP) is 3.38. The number of non-ortho nitro benzene ring substituents is 1. The molecule has 0 aliphatic carbocycles. The Balaban J connectivity index is 1.41. The lowest BCUT2D eigenvalue weighted by Crippen LogP contribution is -2.20. The number of aromatic nitrogens is 3. The zero-order chi connectivity index (χ0) is 19.5. The molecule has 4 rings (SSSR count). The quantitative estimate of drug-likeness (QED) is 0.396. The molecule has 0 spiro atoms. The summed E-state index contributed by atoms with van der Waals surface area (Å²) >= 11 is 1.42. The number of rotatable bonds is 6. The molecule has 1 N–H and O–H groups in total. The van der Waals surface area contributed by atoms with Crippen molar-refractivity contribution in [3.63, 3.8) is 0 Å². The van der Waals surface area contributed by atoms with Gasteiger partial charge in [-0.1, -0.05) is 30.3 Å². The van der Waals surface area contributed by atoms with Gasteiger partial charge in [-0.05, 0) is 12.1 Å². The maximum Gasteiger partial charge on any atom is 0.269 e. The molecule has 2 aromatic heterocycles. The number of nitro benzene ring substituents is 1. The van der Waals surface area contributed by atoms with Crippen LogP contribution in [-0.4, -0.2) is 32.0 Å². The highest BCUT2D eigenvalue weighted by molar-refractivity contribution is 7.15. The van der Waals surface area contributed by atoms with Gasteiger partial charge in [0, 0.05) is 23.1 Å². The number of carbonyl (C=O) groups excluding carboxylic acids is 1. The van der Waals surface area contributed by atoms with Gasteiger partial charge in [-0.2, -0.15) is 4.98 Å². The number of thiazole rings is 1. The van der Waals surface area contributed by atoms with E-state index in [-0.39, 0.29) is 18.2 Å². The molecule has 2 heterocycles. The van der Waals surface area contributed by atoms with Gasteiger partial charge in [-0.3, -0.25) is 20.2 Å². The fraction of sp³-hybridized carbons (Fsp3) is 0.0556. The van der Waals surface area contributed by atoms with Gasteiger partial charge < -0.3 is 4.74 Å². The number of ether oxygens (including phenoxy) is 1. The zero-order valence-electron chi connectivity index (χ0n) is 14.3. The summed E-state index contributed by atoms with van der Waals surface area (Å²) < 4.78 is 7.00. The van der Waals surface area contributed by atoms with Crippen LogP contribution in [0.2, 0.25) is 0 Å². The first-order valence-corrected chi connectivity index (χ1v) is 9.05. The molecule has 0 aliphatic rings. The molecular weight excluding hydrogens is 382 g/mol. The van der Waals surface area contributed by atoms with Crippen molar-refractivity contribution in [3.05, 3.63) is 70.1 Å². The second-order valence-corrected chi connectivity index (χ2v) is 6.54. The number of amides is 1. The van der Waals surface area contributed by atoms with Crippen LogP contribution >= 0.6 is 11.3 Å². The van der Waals surface area contributed by atoms with E-state index in [1.165, 1.54) is 35.6 Å². The molecule has 0 atom stereocenters. The van der Waals surface area contributed by atoms with Crippen LogP contribution in [0.3, 0.4) is 0 Å². The molecule has 0 saturated heterocycles. The minimum atomic E-state index is -0.504. The van der Waals surface area contributed by atoms with Crippen molar-refractivity contribution in [1.29, 1.82) is 0 Å². The summed E-state index contributed by atoms with van der Waals surface area (Å²) in [5.41, 5.74) is 1.84. The van der Waals surface area contributed by atoms with E-state index in [9.17, 15) is 14.9 Å². The zero-order valence-corrected chi connectivity index (χ0v) is 15.1. The van der Waals surface area contributed by atoms with Crippen molar-refractivity contribution in [2.24, 2.45) is 0 Å². The molecule has 0 bridgehead atoms. The lowest BCUT2D eigenvalue weighted by atomic mass is 10.2. The molecule has 28 heavy (non-hydrogen) atoms. The highest BCUT2D eigenvalue weighted by Gasteiger charge is 2.14. The molecule has 0 unspecified atom stereocenters. The standard InChI is InChI=1S/C18H13N5O4S/c24-16(10-27-14-8-6-13(7-9-14)23(25)26)19-17-20-18-22(21-17)15(11-28-18)12-4-2-1-3-5-12/h1-9,11H,10H2,(H,19,21,24). The summed E-state index contributed by atoms with van der Waals surface area (Å²) in [6.45, 7) is -0.268. The molecule has 0 fully saturated rings. The Labute approximate surface area is 162 Å². The van der Waals surface area contributed by atoms with Crippen LogP contribution in [0.15, 0.2) is 60.0 Å². The van der Waals surface area contributed by atoms with E-state index in [0.29, 0.717) is 10.7 Å². The molecule has 0 aliphatic heterocycles. The van der Waals surface area contributed by atoms with Crippen molar-refractivity contribution in [3.8, 4) is 17.0 Å². The Hall–Kier alpha value is -3.79. The van der Waals surface area contributed by atoms with Gasteiger partial charge in [0.2, 0.25) is 4.96 Å². The van der Waals surface area contributed by atoms with E-state index in [1.54, 1.807) is 4.52 Å². The molecule has 140 valence electrons. The first-order chi connectivity index (χ1) is 13.6. The van der Waals surface area contributed by atoms with Crippen LogP contribution < -0.4 is 10.1 Å². The minimum absolute atomic E-state index is 0.0479. The maximum atomic E-state index is 12.1. The van der Waals surface area contributed by atoms with E-state index in [1.807, 2.05) is 35.7 Å². The average Bonchev–Trinajstić information content (AvgIpc) is 3.27. The number of hydrogen-bond acceptors (Lipinski definition) is 7. The second-order valence-electron chi connectivity index (χ2n) is 5.70. The molecule has 0 saturated carbocycles.